The Labute approximate surface area is 192 Å². The lowest BCUT2D eigenvalue weighted by molar-refractivity contribution is -0.139. The highest BCUT2D eigenvalue weighted by molar-refractivity contribution is 6.30. The first-order valence-corrected chi connectivity index (χ1v) is 10.2. The predicted molar refractivity (Wildman–Crippen MR) is 123 cm³/mol. The van der Waals surface area contributed by atoms with Gasteiger partial charge in [-0.1, -0.05) is 35.6 Å². The molecular formula is C25H22ClNO5. The number of carbonyl (C=O) groups is 2. The molecule has 0 aromatic heterocycles. The summed E-state index contributed by atoms with van der Waals surface area (Å²) in [7, 11) is 4.54. The number of ether oxygens (including phenoxy) is 3. The van der Waals surface area contributed by atoms with Crippen LogP contribution >= 0.6 is 11.6 Å². The minimum Gasteiger partial charge on any atom is -0.493 e. The van der Waals surface area contributed by atoms with Crippen LogP contribution in [0.25, 0.3) is 6.08 Å². The molecule has 0 radical (unpaired) electrons. The van der Waals surface area contributed by atoms with E-state index < -0.39 is 11.8 Å². The van der Waals surface area contributed by atoms with Crippen LogP contribution in [0, 0.1) is 11.8 Å². The molecule has 0 saturated heterocycles. The van der Waals surface area contributed by atoms with Crippen molar-refractivity contribution in [3.63, 3.8) is 0 Å². The van der Waals surface area contributed by atoms with Gasteiger partial charge in [0.1, 0.15) is 0 Å². The van der Waals surface area contributed by atoms with Gasteiger partial charge in [-0.15, -0.1) is 0 Å². The summed E-state index contributed by atoms with van der Waals surface area (Å²) in [5, 5.41) is 0.564. The number of rotatable bonds is 5. The van der Waals surface area contributed by atoms with Crippen LogP contribution in [-0.4, -0.2) is 44.6 Å². The number of amides is 2. The maximum atomic E-state index is 12.8. The van der Waals surface area contributed by atoms with Crippen LogP contribution in [0.3, 0.4) is 0 Å². The van der Waals surface area contributed by atoms with E-state index in [1.165, 1.54) is 32.3 Å². The molecule has 0 fully saturated rings. The van der Waals surface area contributed by atoms with Gasteiger partial charge in [0.2, 0.25) is 5.75 Å². The summed E-state index contributed by atoms with van der Waals surface area (Å²) in [6.45, 7) is 0.291. The number of hydrogen-bond donors (Lipinski definition) is 0. The Hall–Kier alpha value is -3.69. The summed E-state index contributed by atoms with van der Waals surface area (Å²) in [5.41, 5.74) is 1.64. The molecule has 1 heterocycles. The summed E-state index contributed by atoms with van der Waals surface area (Å²) in [6, 6.07) is 10.5. The SMILES string of the molecule is COc1cc(/C=C/C(=O)N2CCC=C(C#Cc3cccc(Cl)c3)C2=O)cc(OC)c1OC. The van der Waals surface area contributed by atoms with Gasteiger partial charge in [-0.05, 0) is 48.4 Å². The summed E-state index contributed by atoms with van der Waals surface area (Å²) >= 11 is 5.97. The highest BCUT2D eigenvalue weighted by Crippen LogP contribution is 2.38. The smallest absolute Gasteiger partial charge is 0.268 e. The van der Waals surface area contributed by atoms with E-state index in [-0.39, 0.29) is 5.57 Å². The average molecular weight is 452 g/mol. The van der Waals surface area contributed by atoms with Crippen LogP contribution in [0.4, 0.5) is 0 Å². The first-order valence-electron chi connectivity index (χ1n) is 9.78. The third kappa shape index (κ3) is 5.32. The lowest BCUT2D eigenvalue weighted by atomic mass is 10.1. The fourth-order valence-electron chi connectivity index (χ4n) is 3.15. The Balaban J connectivity index is 1.77. The molecule has 0 saturated carbocycles. The molecule has 1 aliphatic rings. The van der Waals surface area contributed by atoms with Gasteiger partial charge in [-0.2, -0.15) is 0 Å². The van der Waals surface area contributed by atoms with Gasteiger partial charge in [0.25, 0.3) is 11.8 Å². The first-order chi connectivity index (χ1) is 15.5. The topological polar surface area (TPSA) is 65.1 Å². The second-order valence-electron chi connectivity index (χ2n) is 6.75. The van der Waals surface area contributed by atoms with E-state index in [1.807, 2.05) is 0 Å². The van der Waals surface area contributed by atoms with Crippen LogP contribution in [0.1, 0.15) is 17.5 Å². The van der Waals surface area contributed by atoms with E-state index in [2.05, 4.69) is 11.8 Å². The Morgan fingerprint density at radius 1 is 1.06 bits per heavy atom. The van der Waals surface area contributed by atoms with Gasteiger partial charge < -0.3 is 14.2 Å². The Bertz CT molecular complexity index is 1130. The zero-order chi connectivity index (χ0) is 23.1. The fourth-order valence-corrected chi connectivity index (χ4v) is 3.34. The minimum atomic E-state index is -0.432. The molecule has 32 heavy (non-hydrogen) atoms. The second-order valence-corrected chi connectivity index (χ2v) is 7.19. The quantitative estimate of drug-likeness (QED) is 0.505. The molecule has 0 atom stereocenters. The largest absolute Gasteiger partial charge is 0.493 e. The second kappa shape index (κ2) is 10.6. The zero-order valence-electron chi connectivity index (χ0n) is 18.0. The highest BCUT2D eigenvalue weighted by Gasteiger charge is 2.25. The summed E-state index contributed by atoms with van der Waals surface area (Å²) in [5.74, 6) is 6.31. The van der Waals surface area contributed by atoms with Crippen molar-refractivity contribution in [2.24, 2.45) is 0 Å². The van der Waals surface area contributed by atoms with Gasteiger partial charge >= 0.3 is 0 Å². The van der Waals surface area contributed by atoms with Crippen molar-refractivity contribution in [1.29, 1.82) is 0 Å². The molecule has 6 nitrogen and oxygen atoms in total. The predicted octanol–water partition coefficient (Wildman–Crippen LogP) is 4.12. The highest BCUT2D eigenvalue weighted by atomic mass is 35.5. The molecule has 7 heteroatoms. The standard InChI is InChI=1S/C25H22ClNO5/c1-30-21-15-18(16-22(31-2)24(21)32-3)10-12-23(28)27-13-5-7-19(25(27)29)11-9-17-6-4-8-20(26)14-17/h4,6-8,10,12,14-16H,5,13H2,1-3H3/b12-10+. The van der Waals surface area contributed by atoms with Crippen molar-refractivity contribution in [2.45, 2.75) is 6.42 Å². The molecule has 2 amide bonds. The van der Waals surface area contributed by atoms with Crippen LogP contribution in [0.2, 0.25) is 5.02 Å². The molecule has 2 aromatic carbocycles. The van der Waals surface area contributed by atoms with Crippen LogP contribution < -0.4 is 14.2 Å². The molecule has 0 bridgehead atoms. The van der Waals surface area contributed by atoms with Crippen molar-refractivity contribution < 1.29 is 23.8 Å². The number of halogens is 1. The average Bonchev–Trinajstić information content (AvgIpc) is 2.81. The van der Waals surface area contributed by atoms with E-state index in [0.717, 1.165) is 0 Å². The van der Waals surface area contributed by atoms with Crippen molar-refractivity contribution in [3.8, 4) is 29.1 Å². The number of methoxy groups -OCH3 is 3. The molecular weight excluding hydrogens is 430 g/mol. The fraction of sp³-hybridized carbons (Fsp3) is 0.200. The lowest BCUT2D eigenvalue weighted by Crippen LogP contribution is -2.39. The third-order valence-corrected chi connectivity index (χ3v) is 4.95. The number of imide groups is 1. The number of carbonyl (C=O) groups excluding carboxylic acids is 2. The number of hydrogen-bond acceptors (Lipinski definition) is 5. The van der Waals surface area contributed by atoms with Crippen molar-refractivity contribution in [3.05, 3.63) is 70.3 Å². The van der Waals surface area contributed by atoms with Gasteiger partial charge in [-0.3, -0.25) is 14.5 Å². The number of benzene rings is 2. The van der Waals surface area contributed by atoms with Crippen LogP contribution in [0.5, 0.6) is 17.2 Å². The van der Waals surface area contributed by atoms with Crippen molar-refractivity contribution in [2.75, 3.05) is 27.9 Å². The maximum Gasteiger partial charge on any atom is 0.268 e. The Kier molecular flexibility index (Phi) is 7.58. The minimum absolute atomic E-state index is 0.283. The molecule has 0 spiro atoms. The molecule has 0 unspecified atom stereocenters. The monoisotopic (exact) mass is 451 g/mol. The summed E-state index contributed by atoms with van der Waals surface area (Å²) < 4.78 is 16.0. The first kappa shape index (κ1) is 23.0. The molecule has 164 valence electrons. The lowest BCUT2D eigenvalue weighted by Gasteiger charge is -2.22. The third-order valence-electron chi connectivity index (χ3n) is 4.71. The molecule has 0 N–H and O–H groups in total. The van der Waals surface area contributed by atoms with E-state index in [9.17, 15) is 9.59 Å². The van der Waals surface area contributed by atoms with Gasteiger partial charge in [-0.25, -0.2) is 0 Å². The van der Waals surface area contributed by atoms with Crippen LogP contribution in [-0.2, 0) is 9.59 Å². The molecule has 3 rings (SSSR count). The van der Waals surface area contributed by atoms with E-state index in [4.69, 9.17) is 25.8 Å². The summed E-state index contributed by atoms with van der Waals surface area (Å²) in [4.78, 5) is 26.7. The number of nitrogens with zero attached hydrogens (tertiary/aromatic N) is 1. The molecule has 2 aromatic rings. The Morgan fingerprint density at radius 3 is 2.41 bits per heavy atom. The normalized spacial score (nSPS) is 13.3. The van der Waals surface area contributed by atoms with E-state index in [0.29, 0.717) is 46.4 Å². The van der Waals surface area contributed by atoms with Gasteiger partial charge in [0.15, 0.2) is 11.5 Å². The van der Waals surface area contributed by atoms with Crippen molar-refractivity contribution in [1.82, 2.24) is 4.90 Å². The van der Waals surface area contributed by atoms with E-state index in [1.54, 1.807) is 48.6 Å². The van der Waals surface area contributed by atoms with E-state index >= 15 is 0 Å². The molecule has 1 aliphatic heterocycles. The Morgan fingerprint density at radius 2 is 1.78 bits per heavy atom. The maximum absolute atomic E-state index is 12.8. The van der Waals surface area contributed by atoms with Gasteiger partial charge in [0.05, 0.1) is 26.9 Å². The van der Waals surface area contributed by atoms with Crippen molar-refractivity contribution >= 4 is 29.5 Å². The summed E-state index contributed by atoms with van der Waals surface area (Å²) in [6.07, 6.45) is 5.21. The molecule has 0 aliphatic carbocycles. The van der Waals surface area contributed by atoms with Gasteiger partial charge in [0, 0.05) is 23.2 Å². The van der Waals surface area contributed by atoms with Crippen LogP contribution in [0.15, 0.2) is 54.1 Å². The zero-order valence-corrected chi connectivity index (χ0v) is 18.7.